The molecule has 5 heteroatoms. The van der Waals surface area contributed by atoms with Crippen molar-refractivity contribution in [2.75, 3.05) is 11.9 Å². The van der Waals surface area contributed by atoms with Crippen molar-refractivity contribution in [3.8, 4) is 11.5 Å². The number of hydrogen-bond donors (Lipinski definition) is 1. The van der Waals surface area contributed by atoms with E-state index in [-0.39, 0.29) is 5.91 Å². The van der Waals surface area contributed by atoms with Crippen LogP contribution < -0.4 is 14.8 Å². The van der Waals surface area contributed by atoms with Crippen LogP contribution in [0.15, 0.2) is 94.7 Å². The van der Waals surface area contributed by atoms with Crippen LogP contribution >= 0.6 is 11.8 Å². The first-order valence-corrected chi connectivity index (χ1v) is 11.7. The van der Waals surface area contributed by atoms with Crippen LogP contribution in [0.1, 0.15) is 18.1 Å². The van der Waals surface area contributed by atoms with Gasteiger partial charge in [-0.15, -0.1) is 0 Å². The number of fused-ring (bicyclic) bond motifs is 2. The van der Waals surface area contributed by atoms with E-state index >= 15 is 0 Å². The molecule has 1 amide bonds. The largest absolute Gasteiger partial charge is 0.490 e. The molecule has 4 aromatic carbocycles. The molecular weight excluding hydrogens is 430 g/mol. The summed E-state index contributed by atoms with van der Waals surface area (Å²) in [4.78, 5) is 14.2. The van der Waals surface area contributed by atoms with Crippen molar-refractivity contribution >= 4 is 40.2 Å². The van der Waals surface area contributed by atoms with Gasteiger partial charge in [-0.3, -0.25) is 4.79 Å². The minimum atomic E-state index is -0.104. The molecule has 0 unspecified atom stereocenters. The highest BCUT2D eigenvalue weighted by atomic mass is 32.2. The minimum absolute atomic E-state index is 0.104. The van der Waals surface area contributed by atoms with Gasteiger partial charge in [0.15, 0.2) is 11.5 Å². The van der Waals surface area contributed by atoms with E-state index in [9.17, 15) is 4.79 Å². The second-order valence-electron chi connectivity index (χ2n) is 7.63. The molecule has 0 aliphatic carbocycles. The van der Waals surface area contributed by atoms with E-state index in [4.69, 9.17) is 9.47 Å². The van der Waals surface area contributed by atoms with Crippen LogP contribution in [-0.2, 0) is 11.4 Å². The van der Waals surface area contributed by atoms with Crippen molar-refractivity contribution in [2.45, 2.75) is 18.4 Å². The first kappa shape index (κ1) is 21.2. The van der Waals surface area contributed by atoms with E-state index in [0.29, 0.717) is 29.6 Å². The molecule has 1 aliphatic heterocycles. The third-order valence-corrected chi connectivity index (χ3v) is 6.51. The standard InChI is InChI=1S/C28H23NO3S/c1-2-31-25-16-19(17-27-28(30)29-23-12-5-6-13-26(23)33-27)14-15-24(25)32-18-21-10-7-9-20-8-3-4-11-22(20)21/h3-17H,2,18H2,1H3,(H,29,30)/b27-17-. The zero-order valence-corrected chi connectivity index (χ0v) is 19.0. The molecule has 164 valence electrons. The molecule has 33 heavy (non-hydrogen) atoms. The van der Waals surface area contributed by atoms with E-state index in [1.54, 1.807) is 0 Å². The highest BCUT2D eigenvalue weighted by Gasteiger charge is 2.20. The van der Waals surface area contributed by atoms with Crippen LogP contribution in [0.5, 0.6) is 11.5 Å². The molecule has 5 rings (SSSR count). The molecule has 0 fully saturated rings. The number of amides is 1. The van der Waals surface area contributed by atoms with E-state index < -0.39 is 0 Å². The summed E-state index contributed by atoms with van der Waals surface area (Å²) in [5, 5.41) is 5.32. The fraction of sp³-hybridized carbons (Fsp3) is 0.107. The Morgan fingerprint density at radius 2 is 1.70 bits per heavy atom. The summed E-state index contributed by atoms with van der Waals surface area (Å²) in [6.45, 7) is 2.91. The van der Waals surface area contributed by atoms with Gasteiger partial charge in [0.2, 0.25) is 0 Å². The summed E-state index contributed by atoms with van der Waals surface area (Å²) in [6, 6.07) is 28.1. The molecule has 0 radical (unpaired) electrons. The Bertz CT molecular complexity index is 1360. The van der Waals surface area contributed by atoms with Crippen LogP contribution in [0.25, 0.3) is 16.8 Å². The maximum absolute atomic E-state index is 12.5. The summed E-state index contributed by atoms with van der Waals surface area (Å²) in [7, 11) is 0. The van der Waals surface area contributed by atoms with E-state index in [2.05, 4.69) is 29.6 Å². The van der Waals surface area contributed by atoms with Gasteiger partial charge in [0.1, 0.15) is 6.61 Å². The first-order chi connectivity index (χ1) is 16.2. The third-order valence-electron chi connectivity index (χ3n) is 5.41. The van der Waals surface area contributed by atoms with Crippen molar-refractivity contribution in [1.29, 1.82) is 0 Å². The van der Waals surface area contributed by atoms with Crippen molar-refractivity contribution in [3.63, 3.8) is 0 Å². The Morgan fingerprint density at radius 3 is 2.61 bits per heavy atom. The maximum Gasteiger partial charge on any atom is 0.262 e. The predicted molar refractivity (Wildman–Crippen MR) is 135 cm³/mol. The molecule has 0 saturated heterocycles. The molecule has 0 saturated carbocycles. The van der Waals surface area contributed by atoms with Crippen molar-refractivity contribution in [2.24, 2.45) is 0 Å². The normalized spacial score (nSPS) is 14.1. The lowest BCUT2D eigenvalue weighted by atomic mass is 10.1. The van der Waals surface area contributed by atoms with E-state index in [1.165, 1.54) is 22.5 Å². The second-order valence-corrected chi connectivity index (χ2v) is 8.71. The van der Waals surface area contributed by atoms with Crippen molar-refractivity contribution < 1.29 is 14.3 Å². The highest BCUT2D eigenvalue weighted by molar-refractivity contribution is 8.04. The average Bonchev–Trinajstić information content (AvgIpc) is 2.84. The minimum Gasteiger partial charge on any atom is -0.490 e. The number of para-hydroxylation sites is 1. The Morgan fingerprint density at radius 1 is 0.879 bits per heavy atom. The molecule has 4 aromatic rings. The number of anilines is 1. The number of ether oxygens (including phenoxy) is 2. The van der Waals surface area contributed by atoms with Crippen molar-refractivity contribution in [3.05, 3.63) is 101 Å². The van der Waals surface area contributed by atoms with Gasteiger partial charge in [-0.05, 0) is 59.2 Å². The molecule has 0 bridgehead atoms. The molecule has 1 aliphatic rings. The first-order valence-electron chi connectivity index (χ1n) is 10.9. The Kier molecular flexibility index (Phi) is 6.05. The quantitative estimate of drug-likeness (QED) is 0.323. The Hall–Kier alpha value is -3.70. The summed E-state index contributed by atoms with van der Waals surface area (Å²) in [5.41, 5.74) is 2.85. The van der Waals surface area contributed by atoms with Gasteiger partial charge < -0.3 is 14.8 Å². The number of hydrogen-bond acceptors (Lipinski definition) is 4. The van der Waals surface area contributed by atoms with Gasteiger partial charge in [0, 0.05) is 4.90 Å². The van der Waals surface area contributed by atoms with Gasteiger partial charge in [-0.25, -0.2) is 0 Å². The third kappa shape index (κ3) is 4.59. The Balaban J connectivity index is 1.39. The summed E-state index contributed by atoms with van der Waals surface area (Å²) in [5.74, 6) is 1.24. The molecule has 1 N–H and O–H groups in total. The number of rotatable bonds is 6. The van der Waals surface area contributed by atoms with Crippen LogP contribution in [0.2, 0.25) is 0 Å². The lowest BCUT2D eigenvalue weighted by molar-refractivity contribution is -0.112. The van der Waals surface area contributed by atoms with Gasteiger partial charge >= 0.3 is 0 Å². The monoisotopic (exact) mass is 453 g/mol. The molecule has 0 aromatic heterocycles. The number of nitrogens with one attached hydrogen (secondary N) is 1. The van der Waals surface area contributed by atoms with Gasteiger partial charge in [0.25, 0.3) is 5.91 Å². The second kappa shape index (κ2) is 9.43. The fourth-order valence-electron chi connectivity index (χ4n) is 3.83. The van der Waals surface area contributed by atoms with Gasteiger partial charge in [-0.1, -0.05) is 72.4 Å². The fourth-order valence-corrected chi connectivity index (χ4v) is 4.78. The molecule has 0 atom stereocenters. The number of benzene rings is 4. The Labute approximate surface area is 197 Å². The van der Waals surface area contributed by atoms with E-state index in [1.807, 2.05) is 73.7 Å². The van der Waals surface area contributed by atoms with Crippen LogP contribution in [0.3, 0.4) is 0 Å². The van der Waals surface area contributed by atoms with Gasteiger partial charge in [-0.2, -0.15) is 0 Å². The summed E-state index contributed by atoms with van der Waals surface area (Å²) in [6.07, 6.45) is 1.88. The lowest BCUT2D eigenvalue weighted by Crippen LogP contribution is -2.17. The smallest absolute Gasteiger partial charge is 0.262 e. The topological polar surface area (TPSA) is 47.6 Å². The maximum atomic E-state index is 12.5. The average molecular weight is 454 g/mol. The lowest BCUT2D eigenvalue weighted by Gasteiger charge is -2.18. The molecule has 0 spiro atoms. The zero-order valence-electron chi connectivity index (χ0n) is 18.2. The van der Waals surface area contributed by atoms with Crippen molar-refractivity contribution in [1.82, 2.24) is 0 Å². The number of thioether (sulfide) groups is 1. The highest BCUT2D eigenvalue weighted by Crippen LogP contribution is 2.39. The van der Waals surface area contributed by atoms with Crippen LogP contribution in [-0.4, -0.2) is 12.5 Å². The SMILES string of the molecule is CCOc1cc(/C=C2\Sc3ccccc3NC2=O)ccc1OCc1cccc2ccccc12. The summed E-state index contributed by atoms with van der Waals surface area (Å²) >= 11 is 1.47. The summed E-state index contributed by atoms with van der Waals surface area (Å²) < 4.78 is 12.0. The zero-order chi connectivity index (χ0) is 22.6. The van der Waals surface area contributed by atoms with Gasteiger partial charge in [0.05, 0.1) is 17.2 Å². The predicted octanol–water partition coefficient (Wildman–Crippen LogP) is 6.90. The van der Waals surface area contributed by atoms with E-state index in [0.717, 1.165) is 21.7 Å². The number of carbonyl (C=O) groups is 1. The van der Waals surface area contributed by atoms with Crippen LogP contribution in [0.4, 0.5) is 5.69 Å². The molecular formula is C28H23NO3S. The number of carbonyl (C=O) groups excluding carboxylic acids is 1. The molecule has 4 nitrogen and oxygen atoms in total. The molecule has 1 heterocycles. The van der Waals surface area contributed by atoms with Crippen LogP contribution in [0, 0.1) is 0 Å².